The van der Waals surface area contributed by atoms with Gasteiger partial charge in [-0.15, -0.1) is 0 Å². The number of carbonyl (C=O) groups is 2. The van der Waals surface area contributed by atoms with Crippen LogP contribution in [0.5, 0.6) is 0 Å². The van der Waals surface area contributed by atoms with Crippen molar-refractivity contribution < 1.29 is 9.59 Å². The van der Waals surface area contributed by atoms with E-state index >= 15 is 0 Å². The standard InChI is InChI=1S/C22H43NO2/c1-4-7-9-10-11-12-13-14-15-16-17-18-19-21(24)22(25)23(6-3)20-8-5-2/h4-20H2,1-3H3. The first-order valence-electron chi connectivity index (χ1n) is 11.0. The third-order valence-electron chi connectivity index (χ3n) is 4.95. The van der Waals surface area contributed by atoms with Crippen molar-refractivity contribution in [2.45, 2.75) is 117 Å². The lowest BCUT2D eigenvalue weighted by Crippen LogP contribution is -2.37. The van der Waals surface area contributed by atoms with Crippen LogP contribution in [0.1, 0.15) is 117 Å². The molecule has 3 heteroatoms. The molecule has 0 aromatic rings. The topological polar surface area (TPSA) is 37.4 Å². The third kappa shape index (κ3) is 14.0. The Morgan fingerprint density at radius 3 is 1.48 bits per heavy atom. The Labute approximate surface area is 156 Å². The molecule has 0 rings (SSSR count). The average molecular weight is 354 g/mol. The van der Waals surface area contributed by atoms with Gasteiger partial charge in [0.2, 0.25) is 5.78 Å². The maximum atomic E-state index is 12.1. The van der Waals surface area contributed by atoms with E-state index < -0.39 is 0 Å². The number of carbonyl (C=O) groups excluding carboxylic acids is 2. The van der Waals surface area contributed by atoms with Crippen molar-refractivity contribution in [3.63, 3.8) is 0 Å². The molecule has 148 valence electrons. The van der Waals surface area contributed by atoms with E-state index in [0.29, 0.717) is 13.0 Å². The van der Waals surface area contributed by atoms with E-state index in [1.54, 1.807) is 4.90 Å². The van der Waals surface area contributed by atoms with Crippen LogP contribution >= 0.6 is 0 Å². The minimum atomic E-state index is -0.265. The molecular weight excluding hydrogens is 310 g/mol. The SMILES string of the molecule is CCCCCCCCCCCCCCC(=O)C(=O)N(CC)CCCC. The summed E-state index contributed by atoms with van der Waals surface area (Å²) in [4.78, 5) is 25.8. The first-order chi connectivity index (χ1) is 12.2. The number of likely N-dealkylation sites (N-methyl/N-ethyl adjacent to an activating group) is 1. The number of hydrogen-bond donors (Lipinski definition) is 0. The highest BCUT2D eigenvalue weighted by atomic mass is 16.2. The van der Waals surface area contributed by atoms with Gasteiger partial charge in [0.1, 0.15) is 0 Å². The van der Waals surface area contributed by atoms with Crippen LogP contribution in [0.3, 0.4) is 0 Å². The molecule has 0 aliphatic rings. The zero-order chi connectivity index (χ0) is 18.8. The lowest BCUT2D eigenvalue weighted by atomic mass is 10.0. The second kappa shape index (κ2) is 17.9. The van der Waals surface area contributed by atoms with Gasteiger partial charge >= 0.3 is 0 Å². The highest BCUT2D eigenvalue weighted by Gasteiger charge is 2.19. The van der Waals surface area contributed by atoms with Gasteiger partial charge < -0.3 is 4.90 Å². The number of rotatable bonds is 18. The van der Waals surface area contributed by atoms with E-state index in [0.717, 1.165) is 32.2 Å². The molecule has 0 radical (unpaired) electrons. The predicted octanol–water partition coefficient (Wildman–Crippen LogP) is 6.30. The Morgan fingerprint density at radius 2 is 1.04 bits per heavy atom. The third-order valence-corrected chi connectivity index (χ3v) is 4.95. The molecule has 0 heterocycles. The predicted molar refractivity (Wildman–Crippen MR) is 108 cm³/mol. The molecule has 0 aromatic carbocycles. The summed E-state index contributed by atoms with van der Waals surface area (Å²) in [6, 6.07) is 0. The molecule has 0 spiro atoms. The lowest BCUT2D eigenvalue weighted by Gasteiger charge is -2.19. The van der Waals surface area contributed by atoms with E-state index in [1.165, 1.54) is 64.2 Å². The Morgan fingerprint density at radius 1 is 0.600 bits per heavy atom. The fraction of sp³-hybridized carbons (Fsp3) is 0.909. The van der Waals surface area contributed by atoms with E-state index in [4.69, 9.17) is 0 Å². The quantitative estimate of drug-likeness (QED) is 0.214. The second-order valence-electron chi connectivity index (χ2n) is 7.30. The van der Waals surface area contributed by atoms with Crippen molar-refractivity contribution in [1.82, 2.24) is 4.90 Å². The first kappa shape index (κ1) is 24.1. The molecule has 3 nitrogen and oxygen atoms in total. The summed E-state index contributed by atoms with van der Waals surface area (Å²) in [7, 11) is 0. The number of nitrogens with zero attached hydrogens (tertiary/aromatic N) is 1. The zero-order valence-electron chi connectivity index (χ0n) is 17.3. The Kier molecular flexibility index (Phi) is 17.3. The molecule has 0 atom stereocenters. The molecule has 0 fully saturated rings. The first-order valence-corrected chi connectivity index (χ1v) is 11.0. The summed E-state index contributed by atoms with van der Waals surface area (Å²) in [5.74, 6) is -0.455. The molecule has 0 saturated heterocycles. The average Bonchev–Trinajstić information content (AvgIpc) is 2.62. The van der Waals surface area contributed by atoms with Crippen molar-refractivity contribution in [2.75, 3.05) is 13.1 Å². The molecule has 0 N–H and O–H groups in total. The summed E-state index contributed by atoms with van der Waals surface area (Å²) in [5, 5.41) is 0. The fourth-order valence-electron chi connectivity index (χ4n) is 3.16. The van der Waals surface area contributed by atoms with Crippen LogP contribution in [0.25, 0.3) is 0 Å². The maximum absolute atomic E-state index is 12.1. The van der Waals surface area contributed by atoms with Crippen molar-refractivity contribution in [1.29, 1.82) is 0 Å². The fourth-order valence-corrected chi connectivity index (χ4v) is 3.16. The van der Waals surface area contributed by atoms with E-state index in [-0.39, 0.29) is 11.7 Å². The molecule has 0 saturated carbocycles. The smallest absolute Gasteiger partial charge is 0.289 e. The molecule has 0 aromatic heterocycles. The summed E-state index contributed by atoms with van der Waals surface area (Å²) in [6.45, 7) is 7.67. The van der Waals surface area contributed by atoms with Crippen molar-refractivity contribution in [2.24, 2.45) is 0 Å². The molecule has 1 amide bonds. The summed E-state index contributed by atoms with van der Waals surface area (Å²) in [5.41, 5.74) is 0. The molecule has 0 unspecified atom stereocenters. The van der Waals surface area contributed by atoms with E-state index in [2.05, 4.69) is 13.8 Å². The van der Waals surface area contributed by atoms with Gasteiger partial charge in [-0.05, 0) is 19.8 Å². The maximum Gasteiger partial charge on any atom is 0.289 e. The minimum Gasteiger partial charge on any atom is -0.336 e. The summed E-state index contributed by atoms with van der Waals surface area (Å²) in [6.07, 6.45) is 17.8. The molecule has 25 heavy (non-hydrogen) atoms. The van der Waals surface area contributed by atoms with E-state index in [9.17, 15) is 9.59 Å². The van der Waals surface area contributed by atoms with Crippen LogP contribution in [-0.2, 0) is 9.59 Å². The largest absolute Gasteiger partial charge is 0.336 e. The van der Waals surface area contributed by atoms with Crippen LogP contribution in [0.4, 0.5) is 0 Å². The Bertz CT molecular complexity index is 328. The van der Waals surface area contributed by atoms with Crippen LogP contribution in [-0.4, -0.2) is 29.7 Å². The van der Waals surface area contributed by atoms with Gasteiger partial charge in [0, 0.05) is 19.5 Å². The van der Waals surface area contributed by atoms with Crippen LogP contribution < -0.4 is 0 Å². The summed E-state index contributed by atoms with van der Waals surface area (Å²) < 4.78 is 0. The second-order valence-corrected chi connectivity index (χ2v) is 7.30. The van der Waals surface area contributed by atoms with Crippen LogP contribution in [0, 0.1) is 0 Å². The normalized spacial score (nSPS) is 10.8. The van der Waals surface area contributed by atoms with Gasteiger partial charge in [0.05, 0.1) is 0 Å². The van der Waals surface area contributed by atoms with Crippen molar-refractivity contribution in [3.8, 4) is 0 Å². The van der Waals surface area contributed by atoms with Gasteiger partial charge in [0.15, 0.2) is 0 Å². The van der Waals surface area contributed by atoms with Gasteiger partial charge in [-0.25, -0.2) is 0 Å². The molecular formula is C22H43NO2. The van der Waals surface area contributed by atoms with Crippen LogP contribution in [0.15, 0.2) is 0 Å². The van der Waals surface area contributed by atoms with Gasteiger partial charge in [-0.2, -0.15) is 0 Å². The summed E-state index contributed by atoms with van der Waals surface area (Å²) >= 11 is 0. The monoisotopic (exact) mass is 353 g/mol. The number of Topliss-reactive ketones (excluding diaryl/α,β-unsaturated/α-hetero) is 1. The Hall–Kier alpha value is -0.860. The Balaban J connectivity index is 3.52. The highest BCUT2D eigenvalue weighted by molar-refractivity contribution is 6.36. The molecule has 0 bridgehead atoms. The number of amides is 1. The highest BCUT2D eigenvalue weighted by Crippen LogP contribution is 2.12. The van der Waals surface area contributed by atoms with E-state index in [1.807, 2.05) is 6.92 Å². The number of hydrogen-bond acceptors (Lipinski definition) is 2. The molecule has 0 aliphatic carbocycles. The van der Waals surface area contributed by atoms with Crippen molar-refractivity contribution in [3.05, 3.63) is 0 Å². The minimum absolute atomic E-state index is 0.190. The zero-order valence-corrected chi connectivity index (χ0v) is 17.3. The van der Waals surface area contributed by atoms with Gasteiger partial charge in [-0.1, -0.05) is 90.9 Å². The van der Waals surface area contributed by atoms with Crippen LogP contribution in [0.2, 0.25) is 0 Å². The van der Waals surface area contributed by atoms with Gasteiger partial charge in [-0.3, -0.25) is 9.59 Å². The molecule has 0 aliphatic heterocycles. The van der Waals surface area contributed by atoms with Crippen molar-refractivity contribution >= 4 is 11.7 Å². The number of ketones is 1. The number of unbranched alkanes of at least 4 members (excludes halogenated alkanes) is 12. The van der Waals surface area contributed by atoms with Gasteiger partial charge in [0.25, 0.3) is 5.91 Å². The lowest BCUT2D eigenvalue weighted by molar-refractivity contribution is -0.144.